The molecule has 0 aliphatic heterocycles. The van der Waals surface area contributed by atoms with E-state index in [0.29, 0.717) is 12.5 Å². The lowest BCUT2D eigenvalue weighted by molar-refractivity contribution is -0.116. The summed E-state index contributed by atoms with van der Waals surface area (Å²) in [4.78, 5) is 11.5. The predicted octanol–water partition coefficient (Wildman–Crippen LogP) is 2.68. The number of carbonyl (C=O) groups is 1. The average molecular weight is 263 g/mol. The van der Waals surface area contributed by atoms with Crippen LogP contribution in [-0.4, -0.2) is 11.9 Å². The van der Waals surface area contributed by atoms with Crippen LogP contribution < -0.4 is 11.1 Å². The van der Waals surface area contributed by atoms with Gasteiger partial charge in [0.1, 0.15) is 5.82 Å². The van der Waals surface area contributed by atoms with Gasteiger partial charge in [0, 0.05) is 18.5 Å². The average Bonchev–Trinajstić information content (AvgIpc) is 2.23. The molecule has 0 radical (unpaired) electrons. The summed E-state index contributed by atoms with van der Waals surface area (Å²) in [6.07, 6.45) is 0.691. The summed E-state index contributed by atoms with van der Waals surface area (Å²) < 4.78 is 26.1. The molecule has 1 atom stereocenters. The highest BCUT2D eigenvalue weighted by molar-refractivity contribution is 6.33. The summed E-state index contributed by atoms with van der Waals surface area (Å²) in [5.74, 6) is -2.16. The summed E-state index contributed by atoms with van der Waals surface area (Å²) in [5, 5.41) is 2.10. The van der Waals surface area contributed by atoms with Crippen molar-refractivity contribution in [3.63, 3.8) is 0 Å². The molecule has 1 unspecified atom stereocenters. The molecule has 0 bridgehead atoms. The van der Waals surface area contributed by atoms with Gasteiger partial charge in [-0.2, -0.15) is 0 Å². The van der Waals surface area contributed by atoms with Gasteiger partial charge in [-0.25, -0.2) is 8.78 Å². The second-order valence-electron chi connectivity index (χ2n) is 3.67. The molecule has 3 N–H and O–H groups in total. The number of halogens is 3. The van der Waals surface area contributed by atoms with Gasteiger partial charge in [-0.05, 0) is 12.5 Å². The van der Waals surface area contributed by atoms with E-state index in [4.69, 9.17) is 17.3 Å². The summed E-state index contributed by atoms with van der Waals surface area (Å²) >= 11 is 5.62. The summed E-state index contributed by atoms with van der Waals surface area (Å²) in [6.45, 7) is 1.84. The van der Waals surface area contributed by atoms with Crippen molar-refractivity contribution >= 4 is 23.2 Å². The molecule has 1 aromatic rings. The predicted molar refractivity (Wildman–Crippen MR) is 62.9 cm³/mol. The van der Waals surface area contributed by atoms with Gasteiger partial charge in [0.2, 0.25) is 5.91 Å². The normalized spacial score (nSPS) is 12.3. The molecule has 94 valence electrons. The molecule has 6 heteroatoms. The minimum Gasteiger partial charge on any atom is -0.327 e. The Morgan fingerprint density at radius 2 is 2.18 bits per heavy atom. The lowest BCUT2D eigenvalue weighted by atomic mass is 10.1. The van der Waals surface area contributed by atoms with E-state index in [1.165, 1.54) is 0 Å². The van der Waals surface area contributed by atoms with Crippen LogP contribution in [0.2, 0.25) is 5.02 Å². The molecule has 0 saturated heterocycles. The van der Waals surface area contributed by atoms with Crippen molar-refractivity contribution in [3.05, 3.63) is 28.8 Å². The first-order chi connectivity index (χ1) is 7.93. The lowest BCUT2D eigenvalue weighted by Gasteiger charge is -2.11. The number of nitrogens with two attached hydrogens (primary N) is 1. The third kappa shape index (κ3) is 3.94. The van der Waals surface area contributed by atoms with Crippen molar-refractivity contribution in [1.29, 1.82) is 0 Å². The molecule has 0 aromatic heterocycles. The molecule has 1 rings (SSSR count). The number of anilines is 1. The van der Waals surface area contributed by atoms with Gasteiger partial charge in [-0.3, -0.25) is 4.79 Å². The number of hydrogen-bond acceptors (Lipinski definition) is 2. The highest BCUT2D eigenvalue weighted by Gasteiger charge is 2.14. The zero-order valence-electron chi connectivity index (χ0n) is 9.27. The molecular formula is C11H13ClF2N2O. The SMILES string of the molecule is CCC(N)CC(=O)Nc1c(F)cc(F)cc1Cl. The van der Waals surface area contributed by atoms with Crippen LogP contribution in [0.3, 0.4) is 0 Å². The maximum absolute atomic E-state index is 13.3. The monoisotopic (exact) mass is 262 g/mol. The number of amides is 1. The molecule has 0 aliphatic rings. The van der Waals surface area contributed by atoms with Gasteiger partial charge in [-0.1, -0.05) is 18.5 Å². The van der Waals surface area contributed by atoms with Crippen molar-refractivity contribution in [2.75, 3.05) is 5.32 Å². The van der Waals surface area contributed by atoms with Crippen molar-refractivity contribution < 1.29 is 13.6 Å². The molecule has 0 aliphatic carbocycles. The Morgan fingerprint density at radius 3 is 2.71 bits per heavy atom. The maximum atomic E-state index is 13.3. The Morgan fingerprint density at radius 1 is 1.53 bits per heavy atom. The number of benzene rings is 1. The van der Waals surface area contributed by atoms with E-state index in [1.807, 2.05) is 6.92 Å². The van der Waals surface area contributed by atoms with Gasteiger partial charge in [0.25, 0.3) is 0 Å². The highest BCUT2D eigenvalue weighted by atomic mass is 35.5. The van der Waals surface area contributed by atoms with Crippen LogP contribution in [-0.2, 0) is 4.79 Å². The van der Waals surface area contributed by atoms with E-state index >= 15 is 0 Å². The van der Waals surface area contributed by atoms with Crippen molar-refractivity contribution in [2.24, 2.45) is 5.73 Å². The third-order valence-corrected chi connectivity index (χ3v) is 2.54. The second kappa shape index (κ2) is 5.93. The lowest BCUT2D eigenvalue weighted by Crippen LogP contribution is -2.26. The molecule has 1 aromatic carbocycles. The zero-order chi connectivity index (χ0) is 13.0. The number of carbonyl (C=O) groups excluding carboxylic acids is 1. The van der Waals surface area contributed by atoms with E-state index in [9.17, 15) is 13.6 Å². The standard InChI is InChI=1S/C11H13ClF2N2O/c1-2-7(15)5-10(17)16-11-8(12)3-6(13)4-9(11)14/h3-4,7H,2,5,15H2,1H3,(H,16,17). The fraction of sp³-hybridized carbons (Fsp3) is 0.364. The fourth-order valence-corrected chi connectivity index (χ4v) is 1.48. The Bertz CT molecular complexity index is 403. The Labute approximate surface area is 103 Å². The highest BCUT2D eigenvalue weighted by Crippen LogP contribution is 2.26. The molecular weight excluding hydrogens is 250 g/mol. The Kier molecular flexibility index (Phi) is 4.84. The van der Waals surface area contributed by atoms with Crippen molar-refractivity contribution in [1.82, 2.24) is 0 Å². The van der Waals surface area contributed by atoms with Gasteiger partial charge in [0.15, 0.2) is 5.82 Å². The van der Waals surface area contributed by atoms with Gasteiger partial charge in [-0.15, -0.1) is 0 Å². The zero-order valence-corrected chi connectivity index (χ0v) is 10.0. The van der Waals surface area contributed by atoms with Crippen molar-refractivity contribution in [2.45, 2.75) is 25.8 Å². The number of nitrogens with one attached hydrogen (secondary N) is 1. The molecule has 17 heavy (non-hydrogen) atoms. The van der Waals surface area contributed by atoms with Gasteiger partial charge in [0.05, 0.1) is 10.7 Å². The smallest absolute Gasteiger partial charge is 0.226 e. The Balaban J connectivity index is 2.78. The number of hydrogen-bond donors (Lipinski definition) is 2. The van der Waals surface area contributed by atoms with Crippen LogP contribution in [0.4, 0.5) is 14.5 Å². The van der Waals surface area contributed by atoms with Crippen LogP contribution in [0.1, 0.15) is 19.8 Å². The molecule has 0 heterocycles. The topological polar surface area (TPSA) is 55.1 Å². The molecule has 0 fully saturated rings. The third-order valence-electron chi connectivity index (χ3n) is 2.24. The maximum Gasteiger partial charge on any atom is 0.226 e. The summed E-state index contributed by atoms with van der Waals surface area (Å²) in [5.41, 5.74) is 5.36. The van der Waals surface area contributed by atoms with E-state index < -0.39 is 17.5 Å². The van der Waals surface area contributed by atoms with Gasteiger partial charge < -0.3 is 11.1 Å². The van der Waals surface area contributed by atoms with E-state index in [-0.39, 0.29) is 23.2 Å². The largest absolute Gasteiger partial charge is 0.327 e. The number of rotatable bonds is 4. The van der Waals surface area contributed by atoms with Crippen LogP contribution in [0, 0.1) is 11.6 Å². The first kappa shape index (κ1) is 13.9. The van der Waals surface area contributed by atoms with Gasteiger partial charge >= 0.3 is 0 Å². The van der Waals surface area contributed by atoms with Crippen LogP contribution in [0.25, 0.3) is 0 Å². The first-order valence-electron chi connectivity index (χ1n) is 5.14. The first-order valence-corrected chi connectivity index (χ1v) is 5.51. The Hall–Kier alpha value is -1.20. The summed E-state index contributed by atoms with van der Waals surface area (Å²) in [6, 6.07) is 1.29. The van der Waals surface area contributed by atoms with E-state index in [1.54, 1.807) is 0 Å². The minimum atomic E-state index is -0.909. The van der Waals surface area contributed by atoms with E-state index in [0.717, 1.165) is 6.07 Å². The van der Waals surface area contributed by atoms with Crippen LogP contribution in [0.15, 0.2) is 12.1 Å². The molecule has 3 nitrogen and oxygen atoms in total. The molecule has 1 amide bonds. The molecule has 0 spiro atoms. The quantitative estimate of drug-likeness (QED) is 0.877. The second-order valence-corrected chi connectivity index (χ2v) is 4.07. The minimum absolute atomic E-state index is 0.0592. The summed E-state index contributed by atoms with van der Waals surface area (Å²) in [7, 11) is 0. The van der Waals surface area contributed by atoms with Crippen LogP contribution >= 0.6 is 11.6 Å². The fourth-order valence-electron chi connectivity index (χ4n) is 1.23. The van der Waals surface area contributed by atoms with Crippen molar-refractivity contribution in [3.8, 4) is 0 Å². The van der Waals surface area contributed by atoms with E-state index in [2.05, 4.69) is 5.32 Å². The van der Waals surface area contributed by atoms with Crippen LogP contribution in [0.5, 0.6) is 0 Å². The molecule has 0 saturated carbocycles.